The fraction of sp³-hybridized carbons (Fsp3) is 0.389. The number of rotatable bonds is 4. The first kappa shape index (κ1) is 17.0. The van der Waals surface area contributed by atoms with Gasteiger partial charge in [-0.2, -0.15) is 0 Å². The zero-order chi connectivity index (χ0) is 18.0. The zero-order valence-electron chi connectivity index (χ0n) is 14.4. The molecule has 132 valence electrons. The van der Waals surface area contributed by atoms with Gasteiger partial charge < -0.3 is 20.2 Å². The molecule has 1 aliphatic heterocycles. The Hall–Kier alpha value is -2.83. The summed E-state index contributed by atoms with van der Waals surface area (Å²) >= 11 is 0. The molecule has 0 saturated carbocycles. The maximum Gasteiger partial charge on any atom is 0.317 e. The van der Waals surface area contributed by atoms with Crippen molar-refractivity contribution in [2.45, 2.75) is 13.0 Å². The molecule has 2 heterocycles. The predicted octanol–water partition coefficient (Wildman–Crippen LogP) is 1.92. The van der Waals surface area contributed by atoms with E-state index in [1.807, 2.05) is 49.3 Å². The molecule has 0 radical (unpaired) electrons. The van der Waals surface area contributed by atoms with Crippen molar-refractivity contribution >= 4 is 28.7 Å². The molecule has 3 rings (SSSR count). The van der Waals surface area contributed by atoms with Crippen LogP contribution in [0.15, 0.2) is 30.3 Å². The van der Waals surface area contributed by atoms with E-state index in [1.54, 1.807) is 4.90 Å². The van der Waals surface area contributed by atoms with Crippen LogP contribution in [0.2, 0.25) is 0 Å². The van der Waals surface area contributed by atoms with Gasteiger partial charge in [0.2, 0.25) is 0 Å². The number of fused-ring (bicyclic) bond motifs is 1. The van der Waals surface area contributed by atoms with Crippen LogP contribution in [0.25, 0.3) is 10.9 Å². The van der Waals surface area contributed by atoms with Crippen molar-refractivity contribution in [1.82, 2.24) is 15.2 Å². The molecule has 1 saturated heterocycles. The van der Waals surface area contributed by atoms with E-state index in [0.29, 0.717) is 19.5 Å². The number of aromatic nitrogens is 1. The molecule has 1 fully saturated rings. The molecule has 0 bridgehead atoms. The Balaban J connectivity index is 1.74. The predicted molar refractivity (Wildman–Crippen MR) is 95.6 cm³/mol. The third kappa shape index (κ3) is 3.65. The van der Waals surface area contributed by atoms with Crippen LogP contribution < -0.4 is 10.2 Å². The highest BCUT2D eigenvalue weighted by Gasteiger charge is 2.30. The lowest BCUT2D eigenvalue weighted by Crippen LogP contribution is -2.38. The van der Waals surface area contributed by atoms with E-state index < -0.39 is 11.9 Å². The van der Waals surface area contributed by atoms with Crippen molar-refractivity contribution in [3.8, 4) is 0 Å². The molecule has 2 N–H and O–H groups in total. The van der Waals surface area contributed by atoms with Crippen molar-refractivity contribution in [2.75, 3.05) is 32.1 Å². The van der Waals surface area contributed by atoms with Gasteiger partial charge in [0.05, 0.1) is 11.4 Å². The van der Waals surface area contributed by atoms with Gasteiger partial charge in [0.15, 0.2) is 0 Å². The Bertz CT molecular complexity index is 806. The number of nitrogens with one attached hydrogen (secondary N) is 1. The summed E-state index contributed by atoms with van der Waals surface area (Å²) in [7, 11) is 3.85. The summed E-state index contributed by atoms with van der Waals surface area (Å²) in [4.78, 5) is 31.5. The normalized spacial score (nSPS) is 16.9. The van der Waals surface area contributed by atoms with Gasteiger partial charge in [0.1, 0.15) is 5.82 Å². The maximum atomic E-state index is 12.3. The molecule has 1 aromatic carbocycles. The topological polar surface area (TPSA) is 85.8 Å². The average molecular weight is 342 g/mol. The molecule has 1 aromatic heterocycles. The van der Waals surface area contributed by atoms with Crippen molar-refractivity contribution in [3.05, 3.63) is 35.9 Å². The smallest absolute Gasteiger partial charge is 0.317 e. The number of pyridine rings is 1. The first-order valence-electron chi connectivity index (χ1n) is 8.27. The number of carboxylic acid groups (broad SMARTS) is 1. The molecule has 0 spiro atoms. The standard InChI is InChI=1S/C18H22N4O3/c1-21(2)16-9-13(14-5-3-4-6-15(14)20-16)10-19-18(25)22-8-7-12(11-22)17(23)24/h3-6,9,12H,7-8,10-11H2,1-2H3,(H,19,25)(H,23,24). The number of amides is 2. The number of urea groups is 1. The number of carboxylic acids is 1. The molecule has 0 aliphatic carbocycles. The Kier molecular flexibility index (Phi) is 4.74. The van der Waals surface area contributed by atoms with E-state index in [-0.39, 0.29) is 12.6 Å². The number of likely N-dealkylation sites (tertiary alicyclic amines) is 1. The molecule has 2 aromatic rings. The van der Waals surface area contributed by atoms with Gasteiger partial charge in [-0.3, -0.25) is 4.79 Å². The Morgan fingerprint density at radius 3 is 2.80 bits per heavy atom. The zero-order valence-corrected chi connectivity index (χ0v) is 14.4. The first-order chi connectivity index (χ1) is 12.0. The minimum Gasteiger partial charge on any atom is -0.481 e. The van der Waals surface area contributed by atoms with Gasteiger partial charge >= 0.3 is 12.0 Å². The number of hydrogen-bond donors (Lipinski definition) is 2. The van der Waals surface area contributed by atoms with Crippen molar-refractivity contribution < 1.29 is 14.7 Å². The minimum atomic E-state index is -0.842. The largest absolute Gasteiger partial charge is 0.481 e. The Morgan fingerprint density at radius 1 is 1.36 bits per heavy atom. The number of aliphatic carboxylic acids is 1. The summed E-state index contributed by atoms with van der Waals surface area (Å²) in [6.45, 7) is 1.11. The lowest BCUT2D eigenvalue weighted by atomic mass is 10.1. The number of benzene rings is 1. The van der Waals surface area contributed by atoms with Gasteiger partial charge in [-0.05, 0) is 24.1 Å². The molecule has 2 amide bonds. The molecule has 1 unspecified atom stereocenters. The molecule has 7 heteroatoms. The number of nitrogens with zero attached hydrogens (tertiary/aromatic N) is 3. The second kappa shape index (κ2) is 6.96. The van der Waals surface area contributed by atoms with E-state index in [1.165, 1.54) is 0 Å². The van der Waals surface area contributed by atoms with Crippen molar-refractivity contribution in [1.29, 1.82) is 0 Å². The summed E-state index contributed by atoms with van der Waals surface area (Å²) < 4.78 is 0. The SMILES string of the molecule is CN(C)c1cc(CNC(=O)N2CCC(C(=O)O)C2)c2ccccc2n1. The lowest BCUT2D eigenvalue weighted by molar-refractivity contribution is -0.141. The second-order valence-corrected chi connectivity index (χ2v) is 6.48. The molecule has 1 atom stereocenters. The highest BCUT2D eigenvalue weighted by atomic mass is 16.4. The number of carbonyl (C=O) groups excluding carboxylic acids is 1. The number of carbonyl (C=O) groups is 2. The van der Waals surface area contributed by atoms with Crippen LogP contribution in [0, 0.1) is 5.92 Å². The van der Waals surface area contributed by atoms with Crippen molar-refractivity contribution in [3.63, 3.8) is 0 Å². The van der Waals surface area contributed by atoms with Crippen LogP contribution in [0.4, 0.5) is 10.6 Å². The van der Waals surface area contributed by atoms with Crippen LogP contribution in [-0.4, -0.2) is 54.2 Å². The minimum absolute atomic E-state index is 0.226. The van der Waals surface area contributed by atoms with Crippen molar-refractivity contribution in [2.24, 2.45) is 5.92 Å². The first-order valence-corrected chi connectivity index (χ1v) is 8.27. The van der Waals surface area contributed by atoms with E-state index in [4.69, 9.17) is 5.11 Å². The van der Waals surface area contributed by atoms with Crippen LogP contribution in [0.5, 0.6) is 0 Å². The van der Waals surface area contributed by atoms with E-state index >= 15 is 0 Å². The summed E-state index contributed by atoms with van der Waals surface area (Å²) in [6, 6.07) is 9.56. The number of hydrogen-bond acceptors (Lipinski definition) is 4. The van der Waals surface area contributed by atoms with E-state index in [0.717, 1.165) is 22.3 Å². The summed E-state index contributed by atoms with van der Waals surface area (Å²) in [5, 5.41) is 13.0. The fourth-order valence-corrected chi connectivity index (χ4v) is 3.04. The summed E-state index contributed by atoms with van der Waals surface area (Å²) in [5.74, 6) is -0.478. The Labute approximate surface area is 146 Å². The van der Waals surface area contributed by atoms with Gasteiger partial charge in [-0.25, -0.2) is 9.78 Å². The van der Waals surface area contributed by atoms with Crippen LogP contribution in [0.3, 0.4) is 0 Å². The monoisotopic (exact) mass is 342 g/mol. The van der Waals surface area contributed by atoms with Crippen LogP contribution in [-0.2, 0) is 11.3 Å². The van der Waals surface area contributed by atoms with Crippen LogP contribution >= 0.6 is 0 Å². The highest BCUT2D eigenvalue weighted by Crippen LogP contribution is 2.22. The summed E-state index contributed by atoms with van der Waals surface area (Å²) in [5.41, 5.74) is 1.86. The third-order valence-corrected chi connectivity index (χ3v) is 4.50. The van der Waals surface area contributed by atoms with Gasteiger partial charge in [-0.1, -0.05) is 18.2 Å². The second-order valence-electron chi connectivity index (χ2n) is 6.48. The molecule has 1 aliphatic rings. The number of para-hydroxylation sites is 1. The maximum absolute atomic E-state index is 12.3. The molecular formula is C18H22N4O3. The van der Waals surface area contributed by atoms with Gasteiger partial charge in [0.25, 0.3) is 0 Å². The van der Waals surface area contributed by atoms with Crippen LogP contribution in [0.1, 0.15) is 12.0 Å². The molecule has 25 heavy (non-hydrogen) atoms. The summed E-state index contributed by atoms with van der Waals surface area (Å²) in [6.07, 6.45) is 0.506. The third-order valence-electron chi connectivity index (χ3n) is 4.50. The highest BCUT2D eigenvalue weighted by molar-refractivity contribution is 5.85. The molecular weight excluding hydrogens is 320 g/mol. The lowest BCUT2D eigenvalue weighted by Gasteiger charge is -2.18. The average Bonchev–Trinajstić information content (AvgIpc) is 3.09. The van der Waals surface area contributed by atoms with Gasteiger partial charge in [0, 0.05) is 39.1 Å². The Morgan fingerprint density at radius 2 is 2.12 bits per heavy atom. The van der Waals surface area contributed by atoms with E-state index in [9.17, 15) is 9.59 Å². The quantitative estimate of drug-likeness (QED) is 0.886. The van der Waals surface area contributed by atoms with E-state index in [2.05, 4.69) is 10.3 Å². The number of anilines is 1. The molecule has 7 nitrogen and oxygen atoms in total. The van der Waals surface area contributed by atoms with Gasteiger partial charge in [-0.15, -0.1) is 0 Å². The fourth-order valence-electron chi connectivity index (χ4n) is 3.04.